The van der Waals surface area contributed by atoms with Crippen LogP contribution in [0.3, 0.4) is 0 Å². The van der Waals surface area contributed by atoms with E-state index in [1.54, 1.807) is 0 Å². The number of hydrogen-bond donors (Lipinski definition) is 0. The second-order valence-corrected chi connectivity index (χ2v) is 9.15. The SMILES string of the molecule is CC(C)(C)OC(=O)N1CCC(N2CCC(c3ccc(Br)cc3)CC2)C1. The van der Waals surface area contributed by atoms with Gasteiger partial charge >= 0.3 is 6.09 Å². The summed E-state index contributed by atoms with van der Waals surface area (Å²) in [5.41, 5.74) is 1.03. The van der Waals surface area contributed by atoms with Gasteiger partial charge in [0.15, 0.2) is 0 Å². The fraction of sp³-hybridized carbons (Fsp3) is 0.650. The molecule has 0 bridgehead atoms. The molecule has 0 spiro atoms. The van der Waals surface area contributed by atoms with E-state index in [9.17, 15) is 4.79 Å². The molecule has 138 valence electrons. The smallest absolute Gasteiger partial charge is 0.410 e. The van der Waals surface area contributed by atoms with Crippen LogP contribution in [-0.2, 0) is 4.74 Å². The molecule has 5 heteroatoms. The first-order valence-electron chi connectivity index (χ1n) is 9.29. The minimum Gasteiger partial charge on any atom is -0.444 e. The molecule has 0 N–H and O–H groups in total. The zero-order valence-corrected chi connectivity index (χ0v) is 17.1. The molecule has 1 aromatic rings. The summed E-state index contributed by atoms with van der Waals surface area (Å²) in [7, 11) is 0. The first-order valence-corrected chi connectivity index (χ1v) is 10.1. The lowest BCUT2D eigenvalue weighted by molar-refractivity contribution is 0.0276. The Bertz CT molecular complexity index is 589. The second-order valence-electron chi connectivity index (χ2n) is 8.23. The molecule has 2 heterocycles. The number of carbonyl (C=O) groups excluding carboxylic acids is 1. The summed E-state index contributed by atoms with van der Waals surface area (Å²) in [4.78, 5) is 16.7. The Hall–Kier alpha value is -1.07. The van der Waals surface area contributed by atoms with E-state index in [1.165, 1.54) is 18.4 Å². The van der Waals surface area contributed by atoms with Crippen molar-refractivity contribution in [3.8, 4) is 0 Å². The van der Waals surface area contributed by atoms with Crippen molar-refractivity contribution in [1.82, 2.24) is 9.80 Å². The minimum atomic E-state index is -0.418. The molecule has 0 saturated carbocycles. The van der Waals surface area contributed by atoms with E-state index in [4.69, 9.17) is 4.74 Å². The Morgan fingerprint density at radius 3 is 2.32 bits per heavy atom. The van der Waals surface area contributed by atoms with Gasteiger partial charge in [-0.05, 0) is 76.7 Å². The van der Waals surface area contributed by atoms with Crippen molar-refractivity contribution in [3.05, 3.63) is 34.3 Å². The van der Waals surface area contributed by atoms with Crippen molar-refractivity contribution in [1.29, 1.82) is 0 Å². The number of piperidine rings is 1. The Kier molecular flexibility index (Phi) is 5.74. The molecule has 1 amide bonds. The predicted octanol–water partition coefficient (Wildman–Crippen LogP) is 4.64. The number of nitrogens with zero attached hydrogens (tertiary/aromatic N) is 2. The Morgan fingerprint density at radius 1 is 1.08 bits per heavy atom. The third kappa shape index (κ3) is 4.98. The summed E-state index contributed by atoms with van der Waals surface area (Å²) in [5.74, 6) is 0.660. The monoisotopic (exact) mass is 408 g/mol. The van der Waals surface area contributed by atoms with Crippen molar-refractivity contribution in [2.45, 2.75) is 57.6 Å². The molecule has 0 radical (unpaired) electrons. The highest BCUT2D eigenvalue weighted by molar-refractivity contribution is 9.10. The van der Waals surface area contributed by atoms with E-state index < -0.39 is 5.60 Å². The predicted molar refractivity (Wildman–Crippen MR) is 104 cm³/mol. The summed E-state index contributed by atoms with van der Waals surface area (Å²) in [6.07, 6.45) is 3.29. The van der Waals surface area contributed by atoms with Crippen LogP contribution in [0.1, 0.15) is 51.5 Å². The molecule has 25 heavy (non-hydrogen) atoms. The molecule has 1 aromatic carbocycles. The molecule has 2 saturated heterocycles. The number of carbonyl (C=O) groups is 1. The third-order valence-corrected chi connectivity index (χ3v) is 5.73. The van der Waals surface area contributed by atoms with Crippen LogP contribution < -0.4 is 0 Å². The molecule has 3 rings (SSSR count). The van der Waals surface area contributed by atoms with Crippen LogP contribution in [0.5, 0.6) is 0 Å². The van der Waals surface area contributed by atoms with E-state index >= 15 is 0 Å². The molecule has 4 nitrogen and oxygen atoms in total. The normalized spacial score (nSPS) is 23.0. The lowest BCUT2D eigenvalue weighted by Crippen LogP contribution is -2.43. The highest BCUT2D eigenvalue weighted by Crippen LogP contribution is 2.31. The number of ether oxygens (including phenoxy) is 1. The number of likely N-dealkylation sites (tertiary alicyclic amines) is 2. The van der Waals surface area contributed by atoms with Gasteiger partial charge in [0.25, 0.3) is 0 Å². The molecule has 1 unspecified atom stereocenters. The van der Waals surface area contributed by atoms with Crippen LogP contribution in [-0.4, -0.2) is 53.7 Å². The molecular weight excluding hydrogens is 380 g/mol. The standard InChI is InChI=1S/C20H29BrN2O2/c1-20(2,3)25-19(24)23-13-10-18(14-23)22-11-8-16(9-12-22)15-4-6-17(21)7-5-15/h4-7,16,18H,8-14H2,1-3H3. The fourth-order valence-electron chi connectivity index (χ4n) is 3.87. The zero-order chi connectivity index (χ0) is 18.0. The van der Waals surface area contributed by atoms with Crippen LogP contribution in [0, 0.1) is 0 Å². The van der Waals surface area contributed by atoms with Gasteiger partial charge < -0.3 is 9.64 Å². The van der Waals surface area contributed by atoms with Gasteiger partial charge in [-0.15, -0.1) is 0 Å². The van der Waals surface area contributed by atoms with Gasteiger partial charge in [-0.3, -0.25) is 4.90 Å². The fourth-order valence-corrected chi connectivity index (χ4v) is 4.13. The van der Waals surface area contributed by atoms with Gasteiger partial charge in [0.2, 0.25) is 0 Å². The first-order chi connectivity index (χ1) is 11.8. The average Bonchev–Trinajstić information content (AvgIpc) is 3.04. The van der Waals surface area contributed by atoms with Gasteiger partial charge in [0, 0.05) is 23.6 Å². The molecule has 2 aliphatic heterocycles. The van der Waals surface area contributed by atoms with E-state index in [0.29, 0.717) is 12.0 Å². The molecule has 2 aliphatic rings. The van der Waals surface area contributed by atoms with Crippen LogP contribution in [0.15, 0.2) is 28.7 Å². The molecule has 2 fully saturated rings. The van der Waals surface area contributed by atoms with E-state index in [2.05, 4.69) is 45.1 Å². The number of benzene rings is 1. The Labute approximate surface area is 159 Å². The van der Waals surface area contributed by atoms with Crippen LogP contribution in [0.25, 0.3) is 0 Å². The summed E-state index contributed by atoms with van der Waals surface area (Å²) in [6.45, 7) is 9.62. The molecular formula is C20H29BrN2O2. The van der Waals surface area contributed by atoms with Gasteiger partial charge in [0.1, 0.15) is 5.60 Å². The van der Waals surface area contributed by atoms with Crippen molar-refractivity contribution in [3.63, 3.8) is 0 Å². The van der Waals surface area contributed by atoms with Crippen molar-refractivity contribution in [2.24, 2.45) is 0 Å². The van der Waals surface area contributed by atoms with Gasteiger partial charge in [-0.1, -0.05) is 28.1 Å². The quantitative estimate of drug-likeness (QED) is 0.714. The minimum absolute atomic E-state index is 0.167. The van der Waals surface area contributed by atoms with E-state index in [0.717, 1.165) is 37.1 Å². The second kappa shape index (κ2) is 7.67. The zero-order valence-electron chi connectivity index (χ0n) is 15.5. The summed E-state index contributed by atoms with van der Waals surface area (Å²) >= 11 is 3.51. The molecule has 0 aromatic heterocycles. The first kappa shape index (κ1) is 18.7. The van der Waals surface area contributed by atoms with Crippen molar-refractivity contribution < 1.29 is 9.53 Å². The number of hydrogen-bond acceptors (Lipinski definition) is 3. The van der Waals surface area contributed by atoms with Crippen LogP contribution >= 0.6 is 15.9 Å². The van der Waals surface area contributed by atoms with Crippen LogP contribution in [0.2, 0.25) is 0 Å². The largest absolute Gasteiger partial charge is 0.444 e. The lowest BCUT2D eigenvalue weighted by atomic mass is 9.89. The number of amides is 1. The van der Waals surface area contributed by atoms with Crippen LogP contribution in [0.4, 0.5) is 4.79 Å². The Morgan fingerprint density at radius 2 is 1.72 bits per heavy atom. The maximum Gasteiger partial charge on any atom is 0.410 e. The lowest BCUT2D eigenvalue weighted by Gasteiger charge is -2.36. The number of halogens is 1. The topological polar surface area (TPSA) is 32.8 Å². The van der Waals surface area contributed by atoms with Crippen molar-refractivity contribution >= 4 is 22.0 Å². The highest BCUT2D eigenvalue weighted by Gasteiger charge is 2.34. The van der Waals surface area contributed by atoms with Crippen molar-refractivity contribution in [2.75, 3.05) is 26.2 Å². The van der Waals surface area contributed by atoms with E-state index in [1.807, 2.05) is 25.7 Å². The molecule has 1 atom stereocenters. The van der Waals surface area contributed by atoms with Gasteiger partial charge in [-0.25, -0.2) is 4.79 Å². The van der Waals surface area contributed by atoms with Gasteiger partial charge in [0.05, 0.1) is 0 Å². The maximum absolute atomic E-state index is 12.2. The maximum atomic E-state index is 12.2. The molecule has 0 aliphatic carbocycles. The summed E-state index contributed by atoms with van der Waals surface area (Å²) in [5, 5.41) is 0. The summed E-state index contributed by atoms with van der Waals surface area (Å²) in [6, 6.07) is 9.24. The third-order valence-electron chi connectivity index (χ3n) is 5.20. The summed E-state index contributed by atoms with van der Waals surface area (Å²) < 4.78 is 6.65. The van der Waals surface area contributed by atoms with E-state index in [-0.39, 0.29) is 6.09 Å². The number of rotatable bonds is 2. The Balaban J connectivity index is 1.49. The van der Waals surface area contributed by atoms with Gasteiger partial charge in [-0.2, -0.15) is 0 Å². The average molecular weight is 409 g/mol. The highest BCUT2D eigenvalue weighted by atomic mass is 79.9.